The maximum atomic E-state index is 13.5. The summed E-state index contributed by atoms with van der Waals surface area (Å²) in [6, 6.07) is 12.0. The molecule has 0 spiro atoms. The molecule has 8 nitrogen and oxygen atoms in total. The van der Waals surface area contributed by atoms with Crippen LogP contribution in [-0.2, 0) is 16.1 Å². The summed E-state index contributed by atoms with van der Waals surface area (Å²) < 4.78 is 5.19. The van der Waals surface area contributed by atoms with Crippen LogP contribution in [0.3, 0.4) is 0 Å². The summed E-state index contributed by atoms with van der Waals surface area (Å²) in [7, 11) is 1.59. The van der Waals surface area contributed by atoms with Crippen molar-refractivity contribution in [1.82, 2.24) is 19.9 Å². The number of methoxy groups -OCH3 is 1. The molecule has 1 atom stereocenters. The minimum Gasteiger partial charge on any atom is -0.497 e. The minimum absolute atomic E-state index is 0.113. The van der Waals surface area contributed by atoms with Crippen LogP contribution in [0.2, 0.25) is 0 Å². The molecule has 0 fully saturated rings. The van der Waals surface area contributed by atoms with Crippen LogP contribution in [-0.4, -0.2) is 50.6 Å². The van der Waals surface area contributed by atoms with Gasteiger partial charge in [0.1, 0.15) is 11.8 Å². The normalized spacial score (nSPS) is 11.7. The van der Waals surface area contributed by atoms with E-state index in [2.05, 4.69) is 20.3 Å². The maximum Gasteiger partial charge on any atom is 0.247 e. The largest absolute Gasteiger partial charge is 0.497 e. The molecule has 184 valence electrons. The number of hydrogen-bond donors (Lipinski definition) is 1. The van der Waals surface area contributed by atoms with Crippen molar-refractivity contribution in [2.45, 2.75) is 45.4 Å². The smallest absolute Gasteiger partial charge is 0.247 e. The Morgan fingerprint density at radius 3 is 2.34 bits per heavy atom. The standard InChI is InChI=1S/C26H31N5O3S/c1-17(2)24(25(33)30-21-8-10-22(34-5)11-9-21)31(15-20-7-6-12-27-14-20)23(32)16-35-26-28-18(3)13-19(4)29-26/h6-14,17,24H,15-16H2,1-5H3,(H,30,33)/t24-/m1/s1. The van der Waals surface area contributed by atoms with Crippen molar-refractivity contribution in [2.24, 2.45) is 5.92 Å². The second kappa shape index (κ2) is 12.3. The van der Waals surface area contributed by atoms with Gasteiger partial charge in [0, 0.05) is 36.0 Å². The molecule has 2 amide bonds. The van der Waals surface area contributed by atoms with Crippen molar-refractivity contribution in [3.63, 3.8) is 0 Å². The van der Waals surface area contributed by atoms with Crippen LogP contribution in [0.1, 0.15) is 30.8 Å². The first-order chi connectivity index (χ1) is 16.8. The van der Waals surface area contributed by atoms with Crippen LogP contribution in [0.25, 0.3) is 0 Å². The fraction of sp³-hybridized carbons (Fsp3) is 0.346. The molecule has 0 aliphatic carbocycles. The highest BCUT2D eigenvalue weighted by molar-refractivity contribution is 7.99. The summed E-state index contributed by atoms with van der Waals surface area (Å²) >= 11 is 1.27. The predicted molar refractivity (Wildman–Crippen MR) is 137 cm³/mol. The van der Waals surface area contributed by atoms with E-state index in [4.69, 9.17) is 4.74 Å². The highest BCUT2D eigenvalue weighted by Gasteiger charge is 2.33. The Kier molecular flexibility index (Phi) is 9.19. The average molecular weight is 494 g/mol. The molecule has 0 aliphatic rings. The number of carbonyl (C=O) groups excluding carboxylic acids is 2. The van der Waals surface area contributed by atoms with Crippen LogP contribution in [0.4, 0.5) is 5.69 Å². The molecule has 3 aromatic rings. The number of benzene rings is 1. The predicted octanol–water partition coefficient (Wildman–Crippen LogP) is 4.28. The third-order valence-electron chi connectivity index (χ3n) is 5.28. The first kappa shape index (κ1) is 26.2. The van der Waals surface area contributed by atoms with Gasteiger partial charge in [-0.05, 0) is 61.7 Å². The SMILES string of the molecule is COc1ccc(NC(=O)[C@@H](C(C)C)N(Cc2cccnc2)C(=O)CSc2nc(C)cc(C)n2)cc1. The summed E-state index contributed by atoms with van der Waals surface area (Å²) in [5, 5.41) is 3.49. The lowest BCUT2D eigenvalue weighted by Gasteiger charge is -2.33. The number of anilines is 1. The van der Waals surface area contributed by atoms with Gasteiger partial charge in [0.15, 0.2) is 5.16 Å². The van der Waals surface area contributed by atoms with Crippen molar-refractivity contribution < 1.29 is 14.3 Å². The van der Waals surface area contributed by atoms with Crippen molar-refractivity contribution >= 4 is 29.3 Å². The lowest BCUT2D eigenvalue weighted by Crippen LogP contribution is -2.50. The summed E-state index contributed by atoms with van der Waals surface area (Å²) in [5.41, 5.74) is 3.17. The third-order valence-corrected chi connectivity index (χ3v) is 6.11. The first-order valence-electron chi connectivity index (χ1n) is 11.3. The molecular formula is C26H31N5O3S. The average Bonchev–Trinajstić information content (AvgIpc) is 2.82. The molecule has 1 N–H and O–H groups in total. The van der Waals surface area contributed by atoms with Gasteiger partial charge in [0.25, 0.3) is 0 Å². The van der Waals surface area contributed by atoms with Crippen LogP contribution in [0, 0.1) is 19.8 Å². The number of carbonyl (C=O) groups is 2. The van der Waals surface area contributed by atoms with Gasteiger partial charge in [-0.1, -0.05) is 31.7 Å². The van der Waals surface area contributed by atoms with Crippen molar-refractivity contribution in [1.29, 1.82) is 0 Å². The lowest BCUT2D eigenvalue weighted by molar-refractivity contribution is -0.138. The summed E-state index contributed by atoms with van der Waals surface area (Å²) in [6.45, 7) is 7.92. The summed E-state index contributed by atoms with van der Waals surface area (Å²) in [5.74, 6) is 0.251. The van der Waals surface area contributed by atoms with E-state index in [-0.39, 0.29) is 30.0 Å². The molecular weight excluding hydrogens is 462 g/mol. The molecule has 0 radical (unpaired) electrons. The fourth-order valence-electron chi connectivity index (χ4n) is 3.69. The molecule has 9 heteroatoms. The van der Waals surface area contributed by atoms with Gasteiger partial charge >= 0.3 is 0 Å². The van der Waals surface area contributed by atoms with E-state index in [0.717, 1.165) is 17.0 Å². The molecule has 0 saturated carbocycles. The molecule has 1 aromatic carbocycles. The molecule has 0 unspecified atom stereocenters. The number of pyridine rings is 1. The van der Waals surface area contributed by atoms with Gasteiger partial charge < -0.3 is 15.0 Å². The first-order valence-corrected chi connectivity index (χ1v) is 12.3. The zero-order chi connectivity index (χ0) is 25.4. The van der Waals surface area contributed by atoms with E-state index >= 15 is 0 Å². The highest BCUT2D eigenvalue weighted by Crippen LogP contribution is 2.22. The highest BCUT2D eigenvalue weighted by atomic mass is 32.2. The summed E-state index contributed by atoms with van der Waals surface area (Å²) in [6.07, 6.45) is 3.39. The number of nitrogens with one attached hydrogen (secondary N) is 1. The van der Waals surface area contributed by atoms with E-state index in [0.29, 0.717) is 16.6 Å². The Labute approximate surface area is 210 Å². The van der Waals surface area contributed by atoms with E-state index < -0.39 is 6.04 Å². The van der Waals surface area contributed by atoms with Gasteiger partial charge in [0.2, 0.25) is 11.8 Å². The second-order valence-corrected chi connectivity index (χ2v) is 9.45. The number of aryl methyl sites for hydroxylation is 2. The van der Waals surface area contributed by atoms with Gasteiger partial charge in [-0.2, -0.15) is 0 Å². The van der Waals surface area contributed by atoms with Crippen LogP contribution in [0.5, 0.6) is 5.75 Å². The van der Waals surface area contributed by atoms with Crippen molar-refractivity contribution in [3.8, 4) is 5.75 Å². The Balaban J connectivity index is 1.83. The molecule has 0 saturated heterocycles. The monoisotopic (exact) mass is 493 g/mol. The van der Waals surface area contributed by atoms with Gasteiger partial charge in [-0.25, -0.2) is 9.97 Å². The maximum absolute atomic E-state index is 13.5. The molecule has 0 aliphatic heterocycles. The number of nitrogens with zero attached hydrogens (tertiary/aromatic N) is 4. The number of hydrogen-bond acceptors (Lipinski definition) is 7. The molecule has 2 heterocycles. The second-order valence-electron chi connectivity index (χ2n) is 8.51. The summed E-state index contributed by atoms with van der Waals surface area (Å²) in [4.78, 5) is 41.6. The van der Waals surface area contributed by atoms with Crippen molar-refractivity contribution in [2.75, 3.05) is 18.2 Å². The number of aromatic nitrogens is 3. The molecule has 2 aromatic heterocycles. The lowest BCUT2D eigenvalue weighted by atomic mass is 10.0. The topological polar surface area (TPSA) is 97.3 Å². The van der Waals surface area contributed by atoms with E-state index in [9.17, 15) is 9.59 Å². The zero-order valence-corrected chi connectivity index (χ0v) is 21.5. The van der Waals surface area contributed by atoms with E-state index in [1.165, 1.54) is 11.8 Å². The minimum atomic E-state index is -0.689. The van der Waals surface area contributed by atoms with E-state index in [1.54, 1.807) is 48.7 Å². The Morgan fingerprint density at radius 1 is 1.09 bits per heavy atom. The number of ether oxygens (including phenoxy) is 1. The quantitative estimate of drug-likeness (QED) is 0.332. The van der Waals surface area contributed by atoms with Crippen molar-refractivity contribution in [3.05, 3.63) is 71.8 Å². The molecule has 0 bridgehead atoms. The Bertz CT molecular complexity index is 1120. The van der Waals surface area contributed by atoms with E-state index in [1.807, 2.05) is 45.9 Å². The fourth-order valence-corrected chi connectivity index (χ4v) is 4.53. The molecule has 35 heavy (non-hydrogen) atoms. The Hall–Kier alpha value is -3.46. The number of thioether (sulfide) groups is 1. The molecule has 3 rings (SSSR count). The van der Waals surface area contributed by atoms with Crippen LogP contribution < -0.4 is 10.1 Å². The number of amides is 2. The third kappa shape index (κ3) is 7.51. The number of rotatable bonds is 10. The van der Waals surface area contributed by atoms with Gasteiger partial charge in [0.05, 0.1) is 12.9 Å². The Morgan fingerprint density at radius 2 is 1.77 bits per heavy atom. The van der Waals surface area contributed by atoms with Crippen LogP contribution in [0.15, 0.2) is 60.0 Å². The zero-order valence-electron chi connectivity index (χ0n) is 20.7. The van der Waals surface area contributed by atoms with Gasteiger partial charge in [-0.15, -0.1) is 0 Å². The van der Waals surface area contributed by atoms with Crippen LogP contribution >= 0.6 is 11.8 Å². The van der Waals surface area contributed by atoms with Gasteiger partial charge in [-0.3, -0.25) is 14.6 Å².